The molecule has 12 heavy (non-hydrogen) atoms. The lowest BCUT2D eigenvalue weighted by Crippen LogP contribution is -2.48. The molecule has 0 spiro atoms. The molecule has 2 fully saturated rings. The molecule has 2 heterocycles. The first-order valence-corrected chi connectivity index (χ1v) is 4.99. The van der Waals surface area contributed by atoms with E-state index in [-0.39, 0.29) is 0 Å². The molecule has 0 aromatic heterocycles. The van der Waals surface area contributed by atoms with Crippen LogP contribution in [0.3, 0.4) is 0 Å². The largest absolute Gasteiger partial charge is 0.381 e. The predicted octanol–water partition coefficient (Wildman–Crippen LogP) is 0.418. The second-order valence-corrected chi connectivity index (χ2v) is 3.67. The maximum Gasteiger partial charge on any atom is 0.0483 e. The predicted molar refractivity (Wildman–Crippen MR) is 48.0 cm³/mol. The standard InChI is InChI=1S/C9H18N2O/c1-4-10-8-11(5-1)9-2-6-12-7-3-9/h9-10H,1-8H2. The Bertz CT molecular complexity index is 112. The molecule has 70 valence electrons. The fourth-order valence-corrected chi connectivity index (χ4v) is 2.07. The third-order valence-electron chi connectivity index (χ3n) is 2.82. The minimum Gasteiger partial charge on any atom is -0.381 e. The van der Waals surface area contributed by atoms with Gasteiger partial charge in [-0.2, -0.15) is 0 Å². The summed E-state index contributed by atoms with van der Waals surface area (Å²) in [6.45, 7) is 5.48. The van der Waals surface area contributed by atoms with Gasteiger partial charge in [0, 0.05) is 32.5 Å². The highest BCUT2D eigenvalue weighted by atomic mass is 16.5. The number of nitrogens with one attached hydrogen (secondary N) is 1. The van der Waals surface area contributed by atoms with Crippen LogP contribution in [0.2, 0.25) is 0 Å². The van der Waals surface area contributed by atoms with E-state index in [0.717, 1.165) is 25.9 Å². The Morgan fingerprint density at radius 1 is 1.25 bits per heavy atom. The van der Waals surface area contributed by atoms with Crippen molar-refractivity contribution in [3.8, 4) is 0 Å². The van der Waals surface area contributed by atoms with Gasteiger partial charge in [-0.05, 0) is 25.8 Å². The average molecular weight is 170 g/mol. The lowest BCUT2D eigenvalue weighted by molar-refractivity contribution is 0.0247. The summed E-state index contributed by atoms with van der Waals surface area (Å²) in [4.78, 5) is 2.56. The Morgan fingerprint density at radius 3 is 2.75 bits per heavy atom. The van der Waals surface area contributed by atoms with Crippen molar-refractivity contribution in [2.75, 3.05) is 33.0 Å². The Labute approximate surface area is 74.1 Å². The van der Waals surface area contributed by atoms with E-state index in [1.807, 2.05) is 0 Å². The van der Waals surface area contributed by atoms with Crippen LogP contribution in [0.4, 0.5) is 0 Å². The van der Waals surface area contributed by atoms with Crippen LogP contribution in [0.5, 0.6) is 0 Å². The fourth-order valence-electron chi connectivity index (χ4n) is 2.07. The number of hydrogen-bond acceptors (Lipinski definition) is 3. The molecular weight excluding hydrogens is 152 g/mol. The number of ether oxygens (including phenoxy) is 1. The molecule has 2 aliphatic heterocycles. The maximum absolute atomic E-state index is 5.34. The summed E-state index contributed by atoms with van der Waals surface area (Å²) < 4.78 is 5.34. The van der Waals surface area contributed by atoms with Crippen LogP contribution in [-0.4, -0.2) is 43.9 Å². The Hall–Kier alpha value is -0.120. The zero-order valence-corrected chi connectivity index (χ0v) is 7.59. The SMILES string of the molecule is C1CNCN(C2CCOCC2)C1. The highest BCUT2D eigenvalue weighted by Gasteiger charge is 2.22. The molecule has 2 aliphatic rings. The van der Waals surface area contributed by atoms with Gasteiger partial charge in [-0.3, -0.25) is 4.90 Å². The Balaban J connectivity index is 1.80. The smallest absolute Gasteiger partial charge is 0.0483 e. The number of rotatable bonds is 1. The molecular formula is C9H18N2O. The van der Waals surface area contributed by atoms with Crippen molar-refractivity contribution < 1.29 is 4.74 Å². The van der Waals surface area contributed by atoms with Crippen LogP contribution in [0, 0.1) is 0 Å². The van der Waals surface area contributed by atoms with E-state index in [4.69, 9.17) is 4.74 Å². The highest BCUT2D eigenvalue weighted by molar-refractivity contribution is 4.76. The summed E-state index contributed by atoms with van der Waals surface area (Å²) in [5, 5.41) is 3.42. The van der Waals surface area contributed by atoms with Crippen LogP contribution >= 0.6 is 0 Å². The molecule has 0 radical (unpaired) electrons. The normalized spacial score (nSPS) is 29.0. The summed E-state index contributed by atoms with van der Waals surface area (Å²) in [5.74, 6) is 0. The van der Waals surface area contributed by atoms with Gasteiger partial charge in [-0.1, -0.05) is 0 Å². The molecule has 0 bridgehead atoms. The molecule has 0 aliphatic carbocycles. The fraction of sp³-hybridized carbons (Fsp3) is 1.00. The molecule has 0 amide bonds. The first-order chi connectivity index (χ1) is 5.97. The third kappa shape index (κ3) is 1.97. The molecule has 0 saturated carbocycles. The molecule has 0 aromatic rings. The topological polar surface area (TPSA) is 24.5 Å². The van der Waals surface area contributed by atoms with Crippen molar-refractivity contribution in [2.24, 2.45) is 0 Å². The molecule has 2 saturated heterocycles. The van der Waals surface area contributed by atoms with Gasteiger partial charge in [-0.15, -0.1) is 0 Å². The van der Waals surface area contributed by atoms with Crippen LogP contribution in [-0.2, 0) is 4.74 Å². The van der Waals surface area contributed by atoms with E-state index in [1.165, 1.54) is 32.4 Å². The lowest BCUT2D eigenvalue weighted by Gasteiger charge is -2.36. The second kappa shape index (κ2) is 4.21. The second-order valence-electron chi connectivity index (χ2n) is 3.67. The van der Waals surface area contributed by atoms with Crippen LogP contribution in [0.25, 0.3) is 0 Å². The van der Waals surface area contributed by atoms with Gasteiger partial charge >= 0.3 is 0 Å². The van der Waals surface area contributed by atoms with Gasteiger partial charge in [0.25, 0.3) is 0 Å². The summed E-state index contributed by atoms with van der Waals surface area (Å²) >= 11 is 0. The van der Waals surface area contributed by atoms with Gasteiger partial charge in [0.15, 0.2) is 0 Å². The molecule has 1 N–H and O–H groups in total. The van der Waals surface area contributed by atoms with Crippen LogP contribution in [0.1, 0.15) is 19.3 Å². The number of nitrogens with zero attached hydrogens (tertiary/aromatic N) is 1. The van der Waals surface area contributed by atoms with Crippen molar-refractivity contribution in [2.45, 2.75) is 25.3 Å². The van der Waals surface area contributed by atoms with Gasteiger partial charge in [0.1, 0.15) is 0 Å². The zero-order valence-electron chi connectivity index (χ0n) is 7.59. The van der Waals surface area contributed by atoms with Gasteiger partial charge < -0.3 is 10.1 Å². The maximum atomic E-state index is 5.34. The summed E-state index contributed by atoms with van der Waals surface area (Å²) in [6, 6.07) is 0.784. The van der Waals surface area contributed by atoms with Crippen LogP contribution in [0.15, 0.2) is 0 Å². The Morgan fingerprint density at radius 2 is 2.08 bits per heavy atom. The van der Waals surface area contributed by atoms with E-state index in [9.17, 15) is 0 Å². The minimum atomic E-state index is 0.784. The van der Waals surface area contributed by atoms with Gasteiger partial charge in [0.2, 0.25) is 0 Å². The average Bonchev–Trinajstić information content (AvgIpc) is 2.21. The third-order valence-corrected chi connectivity index (χ3v) is 2.82. The molecule has 3 nitrogen and oxygen atoms in total. The van der Waals surface area contributed by atoms with E-state index >= 15 is 0 Å². The van der Waals surface area contributed by atoms with E-state index in [2.05, 4.69) is 10.2 Å². The van der Waals surface area contributed by atoms with Crippen molar-refractivity contribution in [1.82, 2.24) is 10.2 Å². The first-order valence-electron chi connectivity index (χ1n) is 4.99. The zero-order chi connectivity index (χ0) is 8.23. The van der Waals surface area contributed by atoms with E-state index in [0.29, 0.717) is 0 Å². The summed E-state index contributed by atoms with van der Waals surface area (Å²) in [6.07, 6.45) is 3.75. The highest BCUT2D eigenvalue weighted by Crippen LogP contribution is 2.14. The van der Waals surface area contributed by atoms with Gasteiger partial charge in [0.05, 0.1) is 0 Å². The van der Waals surface area contributed by atoms with Crippen molar-refractivity contribution >= 4 is 0 Å². The molecule has 3 heteroatoms. The molecule has 0 unspecified atom stereocenters. The van der Waals surface area contributed by atoms with Crippen molar-refractivity contribution in [3.63, 3.8) is 0 Å². The molecule has 0 atom stereocenters. The number of hydrogen-bond donors (Lipinski definition) is 1. The van der Waals surface area contributed by atoms with Gasteiger partial charge in [-0.25, -0.2) is 0 Å². The quantitative estimate of drug-likeness (QED) is 0.617. The van der Waals surface area contributed by atoms with Crippen LogP contribution < -0.4 is 5.32 Å². The molecule has 2 rings (SSSR count). The van der Waals surface area contributed by atoms with E-state index < -0.39 is 0 Å². The van der Waals surface area contributed by atoms with E-state index in [1.54, 1.807) is 0 Å². The summed E-state index contributed by atoms with van der Waals surface area (Å²) in [5.41, 5.74) is 0. The lowest BCUT2D eigenvalue weighted by atomic mass is 10.1. The van der Waals surface area contributed by atoms with Crippen molar-refractivity contribution in [3.05, 3.63) is 0 Å². The Kier molecular flexibility index (Phi) is 2.98. The first kappa shape index (κ1) is 8.48. The minimum absolute atomic E-state index is 0.784. The monoisotopic (exact) mass is 170 g/mol. The molecule has 0 aromatic carbocycles. The van der Waals surface area contributed by atoms with Crippen molar-refractivity contribution in [1.29, 1.82) is 0 Å². The summed E-state index contributed by atoms with van der Waals surface area (Å²) in [7, 11) is 0.